The second-order valence-corrected chi connectivity index (χ2v) is 9.49. The molecule has 0 spiro atoms. The van der Waals surface area contributed by atoms with Gasteiger partial charge in [0.15, 0.2) is 5.75 Å². The minimum Gasteiger partial charge on any atom is -0.491 e. The molecule has 12 nitrogen and oxygen atoms in total. The summed E-state index contributed by atoms with van der Waals surface area (Å²) in [5, 5.41) is 45.1. The first kappa shape index (κ1) is 30.1. The van der Waals surface area contributed by atoms with E-state index < -0.39 is 34.1 Å². The average molecular weight is 556 g/mol. The number of nitrogens with zero attached hydrogens (tertiary/aromatic N) is 2. The van der Waals surface area contributed by atoms with Gasteiger partial charge in [-0.25, -0.2) is 9.59 Å². The first-order valence-corrected chi connectivity index (χ1v) is 12.5. The van der Waals surface area contributed by atoms with Gasteiger partial charge in [-0.15, -0.1) is 0 Å². The highest BCUT2D eigenvalue weighted by molar-refractivity contribution is 6.00. The van der Waals surface area contributed by atoms with Crippen LogP contribution in [0.1, 0.15) is 26.3 Å². The van der Waals surface area contributed by atoms with Gasteiger partial charge in [0.2, 0.25) is 0 Å². The summed E-state index contributed by atoms with van der Waals surface area (Å²) in [5.74, 6) is -2.08. The van der Waals surface area contributed by atoms with Crippen molar-refractivity contribution in [1.29, 1.82) is 0 Å². The summed E-state index contributed by atoms with van der Waals surface area (Å²) in [6.07, 6.45) is -0.788. The van der Waals surface area contributed by atoms with E-state index in [-0.39, 0.29) is 48.8 Å². The third kappa shape index (κ3) is 6.24. The molecule has 3 rings (SSSR count). The molecular weight excluding hydrogens is 522 g/mol. The Hall–Kier alpha value is -4.42. The van der Waals surface area contributed by atoms with E-state index in [2.05, 4.69) is 5.32 Å². The number of allylic oxidation sites excluding steroid dienone is 2. The Kier molecular flexibility index (Phi) is 9.51. The van der Waals surface area contributed by atoms with E-state index in [4.69, 9.17) is 9.47 Å². The number of hydrogen-bond donors (Lipinski definition) is 4. The minimum atomic E-state index is -1.68. The van der Waals surface area contributed by atoms with Gasteiger partial charge in [-0.3, -0.25) is 10.1 Å². The topological polar surface area (TPSA) is 172 Å². The van der Waals surface area contributed by atoms with Crippen LogP contribution < -0.4 is 14.8 Å². The number of nitro groups is 1. The van der Waals surface area contributed by atoms with Crippen molar-refractivity contribution in [2.75, 3.05) is 33.4 Å². The van der Waals surface area contributed by atoms with Crippen molar-refractivity contribution in [3.8, 4) is 11.5 Å². The summed E-state index contributed by atoms with van der Waals surface area (Å²) in [7, 11) is 1.57. The van der Waals surface area contributed by atoms with E-state index in [9.17, 15) is 35.0 Å². The van der Waals surface area contributed by atoms with Crippen LogP contribution in [0.15, 0.2) is 71.1 Å². The van der Waals surface area contributed by atoms with E-state index in [1.54, 1.807) is 33.0 Å². The lowest BCUT2D eigenvalue weighted by atomic mass is 9.67. The maximum Gasteiger partial charge on any atom is 0.334 e. The molecule has 0 fully saturated rings. The van der Waals surface area contributed by atoms with Crippen molar-refractivity contribution < 1.29 is 39.3 Å². The molecular formula is C28H33N3O9. The van der Waals surface area contributed by atoms with Gasteiger partial charge in [0, 0.05) is 37.6 Å². The number of carboxylic acids is 2. The minimum absolute atomic E-state index is 0.0350. The summed E-state index contributed by atoms with van der Waals surface area (Å²) < 4.78 is 11.1. The summed E-state index contributed by atoms with van der Waals surface area (Å²) >= 11 is 0. The molecule has 0 aliphatic carbocycles. The molecule has 40 heavy (non-hydrogen) atoms. The largest absolute Gasteiger partial charge is 0.491 e. The number of para-hydroxylation sites is 1. The third-order valence-corrected chi connectivity index (χ3v) is 6.99. The molecule has 2 aromatic rings. The van der Waals surface area contributed by atoms with Crippen molar-refractivity contribution in [2.24, 2.45) is 0 Å². The quantitative estimate of drug-likeness (QED) is 0.163. The van der Waals surface area contributed by atoms with Crippen LogP contribution in [-0.4, -0.2) is 76.5 Å². The van der Waals surface area contributed by atoms with Crippen molar-refractivity contribution in [3.63, 3.8) is 0 Å². The number of carboxylic acid groups (broad SMARTS) is 2. The highest BCUT2D eigenvalue weighted by Crippen LogP contribution is 2.48. The fourth-order valence-corrected chi connectivity index (χ4v) is 4.82. The molecule has 0 bridgehead atoms. The van der Waals surface area contributed by atoms with Crippen molar-refractivity contribution >= 4 is 17.6 Å². The molecule has 1 heterocycles. The van der Waals surface area contributed by atoms with Crippen LogP contribution in [-0.2, 0) is 15.0 Å². The summed E-state index contributed by atoms with van der Waals surface area (Å²) in [5.41, 5.74) is -1.72. The lowest BCUT2D eigenvalue weighted by Crippen LogP contribution is -2.43. The number of aliphatic hydroxyl groups is 1. The van der Waals surface area contributed by atoms with Crippen LogP contribution in [0, 0.1) is 10.1 Å². The van der Waals surface area contributed by atoms with E-state index in [0.717, 1.165) is 6.07 Å². The Morgan fingerprint density at radius 1 is 1.05 bits per heavy atom. The zero-order valence-electron chi connectivity index (χ0n) is 22.7. The Bertz CT molecular complexity index is 1300. The van der Waals surface area contributed by atoms with Crippen LogP contribution >= 0.6 is 0 Å². The maximum absolute atomic E-state index is 12.3. The standard InChI is InChI=1S/C28H33N3O9/c1-17-24(26(33)34)28(3,25(27(35)36)18(2)30(17)4)19-10-11-23(22(14-19)31(37)38)39-13-12-29-15-20(32)16-40-21-8-6-5-7-9-21/h5-11,14,20,29,32H,12-13,15-16H2,1-4H3,(H,33,34)(H,35,36). The molecule has 0 radical (unpaired) electrons. The molecule has 0 saturated carbocycles. The van der Waals surface area contributed by atoms with E-state index in [1.807, 2.05) is 18.2 Å². The molecule has 0 saturated heterocycles. The molecule has 1 aliphatic rings. The van der Waals surface area contributed by atoms with Crippen molar-refractivity contribution in [2.45, 2.75) is 32.3 Å². The van der Waals surface area contributed by atoms with Crippen molar-refractivity contribution in [1.82, 2.24) is 10.2 Å². The average Bonchev–Trinajstić information content (AvgIpc) is 2.90. The highest BCUT2D eigenvalue weighted by atomic mass is 16.6. The molecule has 0 aromatic heterocycles. The number of aliphatic carboxylic acids is 2. The second kappa shape index (κ2) is 12.6. The van der Waals surface area contributed by atoms with Gasteiger partial charge in [0.1, 0.15) is 25.1 Å². The Morgan fingerprint density at radius 2 is 1.65 bits per heavy atom. The summed E-state index contributed by atoms with van der Waals surface area (Å²) in [6.45, 7) is 5.15. The molecule has 1 unspecified atom stereocenters. The number of nitro benzene ring substituents is 1. The third-order valence-electron chi connectivity index (χ3n) is 6.99. The number of carbonyl (C=O) groups is 2. The van der Waals surface area contributed by atoms with Crippen LogP contribution in [0.25, 0.3) is 0 Å². The SMILES string of the molecule is CC1=C(C(=O)O)C(C)(c2ccc(OCCNCC(O)COc3ccccc3)c([N+](=O)[O-])c2)C(C(=O)O)=C(C)N1C. The Balaban J connectivity index is 1.75. The first-order valence-electron chi connectivity index (χ1n) is 12.5. The van der Waals surface area contributed by atoms with E-state index in [1.165, 1.54) is 24.0 Å². The molecule has 1 aliphatic heterocycles. The fourth-order valence-electron chi connectivity index (χ4n) is 4.82. The van der Waals surface area contributed by atoms with E-state index in [0.29, 0.717) is 17.1 Å². The van der Waals surface area contributed by atoms with Gasteiger partial charge in [0.25, 0.3) is 0 Å². The first-order chi connectivity index (χ1) is 18.9. The van der Waals surface area contributed by atoms with Gasteiger partial charge in [-0.1, -0.05) is 24.3 Å². The molecule has 0 amide bonds. The number of hydrogen-bond acceptors (Lipinski definition) is 9. The van der Waals surface area contributed by atoms with E-state index >= 15 is 0 Å². The number of aliphatic hydroxyl groups excluding tert-OH is 1. The van der Waals surface area contributed by atoms with Gasteiger partial charge < -0.3 is 35.0 Å². The number of rotatable bonds is 13. The predicted octanol–water partition coefficient (Wildman–Crippen LogP) is 2.92. The zero-order valence-corrected chi connectivity index (χ0v) is 22.7. The number of ether oxygens (including phenoxy) is 2. The monoisotopic (exact) mass is 555 g/mol. The van der Waals surface area contributed by atoms with Crippen LogP contribution in [0.3, 0.4) is 0 Å². The van der Waals surface area contributed by atoms with Crippen LogP contribution in [0.2, 0.25) is 0 Å². The number of nitrogens with one attached hydrogen (secondary N) is 1. The maximum atomic E-state index is 12.3. The van der Waals surface area contributed by atoms with Gasteiger partial charge in [-0.2, -0.15) is 0 Å². The van der Waals surface area contributed by atoms with Gasteiger partial charge in [0.05, 0.1) is 21.5 Å². The van der Waals surface area contributed by atoms with Crippen molar-refractivity contribution in [3.05, 3.63) is 86.7 Å². The smallest absolute Gasteiger partial charge is 0.334 e. The normalized spacial score (nSPS) is 15.6. The Labute approximate surface area is 231 Å². The van der Waals surface area contributed by atoms with Gasteiger partial charge in [-0.05, 0) is 44.5 Å². The molecule has 1 atom stereocenters. The number of benzene rings is 2. The molecule has 214 valence electrons. The zero-order chi connectivity index (χ0) is 29.6. The Morgan fingerprint density at radius 3 is 2.20 bits per heavy atom. The van der Waals surface area contributed by atoms with Crippen LogP contribution in [0.4, 0.5) is 5.69 Å². The molecule has 12 heteroatoms. The summed E-state index contributed by atoms with van der Waals surface area (Å²) in [6, 6.07) is 13.0. The predicted molar refractivity (Wildman–Crippen MR) is 145 cm³/mol. The summed E-state index contributed by atoms with van der Waals surface area (Å²) in [4.78, 5) is 37.4. The second-order valence-electron chi connectivity index (χ2n) is 9.49. The molecule has 4 N–H and O–H groups in total. The van der Waals surface area contributed by atoms with Gasteiger partial charge >= 0.3 is 17.6 Å². The lowest BCUT2D eigenvalue weighted by molar-refractivity contribution is -0.386. The highest BCUT2D eigenvalue weighted by Gasteiger charge is 2.48. The fraction of sp³-hybridized carbons (Fsp3) is 0.357. The lowest BCUT2D eigenvalue weighted by Gasteiger charge is -2.41. The van der Waals surface area contributed by atoms with Crippen LogP contribution in [0.5, 0.6) is 11.5 Å². The molecule has 2 aromatic carbocycles.